The van der Waals surface area contributed by atoms with Crippen molar-refractivity contribution in [1.82, 2.24) is 10.3 Å². The van der Waals surface area contributed by atoms with Gasteiger partial charge in [-0.05, 0) is 13.8 Å². The van der Waals surface area contributed by atoms with E-state index in [1.807, 2.05) is 13.8 Å². The molecule has 2 aromatic heterocycles. The molecule has 0 spiro atoms. The van der Waals surface area contributed by atoms with Crippen LogP contribution in [-0.4, -0.2) is 22.0 Å². The highest BCUT2D eigenvalue weighted by Gasteiger charge is 2.15. The monoisotopic (exact) mass is 280 g/mol. The van der Waals surface area contributed by atoms with Gasteiger partial charge >= 0.3 is 5.97 Å². The number of carbonyl (C=O) groups is 2. The molecule has 0 aromatic carbocycles. The summed E-state index contributed by atoms with van der Waals surface area (Å²) in [6.45, 7) is 4.16. The van der Waals surface area contributed by atoms with Crippen molar-refractivity contribution in [3.05, 3.63) is 39.2 Å². The quantitative estimate of drug-likeness (QED) is 0.893. The maximum atomic E-state index is 11.7. The highest BCUT2D eigenvalue weighted by atomic mass is 32.1. The van der Waals surface area contributed by atoms with E-state index in [4.69, 9.17) is 9.52 Å². The van der Waals surface area contributed by atoms with Crippen LogP contribution >= 0.6 is 11.3 Å². The number of aryl methyl sites for hydroxylation is 2. The molecule has 0 aliphatic heterocycles. The van der Waals surface area contributed by atoms with Crippen LogP contribution in [0.3, 0.4) is 0 Å². The van der Waals surface area contributed by atoms with Gasteiger partial charge < -0.3 is 14.8 Å². The molecular weight excluding hydrogens is 268 g/mol. The van der Waals surface area contributed by atoms with Crippen LogP contribution in [0.1, 0.15) is 36.5 Å². The van der Waals surface area contributed by atoms with Crippen LogP contribution < -0.4 is 5.32 Å². The van der Waals surface area contributed by atoms with Crippen LogP contribution in [-0.2, 0) is 6.54 Å². The first kappa shape index (κ1) is 13.3. The van der Waals surface area contributed by atoms with Crippen molar-refractivity contribution in [1.29, 1.82) is 0 Å². The minimum absolute atomic E-state index is 0.0256. The van der Waals surface area contributed by atoms with E-state index in [0.29, 0.717) is 6.54 Å². The minimum Gasteiger partial charge on any atom is -0.478 e. The maximum Gasteiger partial charge on any atom is 0.338 e. The fourth-order valence-corrected chi connectivity index (χ4v) is 2.30. The molecule has 0 fully saturated rings. The predicted octanol–water partition coefficient (Wildman–Crippen LogP) is 1.98. The molecule has 0 saturated carbocycles. The van der Waals surface area contributed by atoms with Crippen LogP contribution in [0.15, 0.2) is 16.7 Å². The Morgan fingerprint density at radius 3 is 2.74 bits per heavy atom. The van der Waals surface area contributed by atoms with Gasteiger partial charge in [0, 0.05) is 10.9 Å². The summed E-state index contributed by atoms with van der Waals surface area (Å²) >= 11 is 1.51. The topological polar surface area (TPSA) is 92.4 Å². The third-order valence-corrected chi connectivity index (χ3v) is 3.62. The van der Waals surface area contributed by atoms with Gasteiger partial charge in [0.05, 0.1) is 17.8 Å². The number of amides is 1. The van der Waals surface area contributed by atoms with Crippen LogP contribution in [0, 0.1) is 13.8 Å². The standard InChI is InChI=1S/C12H12N2O4S/c1-6-7(2)19-10(14-6)4-13-11(15)9-3-8(5-18-9)12(16)17/h3,5H,4H2,1-2H3,(H,13,15)(H,16,17). The number of furan rings is 1. The second-order valence-electron chi connectivity index (χ2n) is 3.94. The summed E-state index contributed by atoms with van der Waals surface area (Å²) in [5.74, 6) is -1.62. The van der Waals surface area contributed by atoms with Gasteiger partial charge in [0.25, 0.3) is 5.91 Å². The number of carbonyl (C=O) groups excluding carboxylic acids is 1. The Morgan fingerprint density at radius 2 is 2.21 bits per heavy atom. The molecular formula is C12H12N2O4S. The SMILES string of the molecule is Cc1nc(CNC(=O)c2cc(C(=O)O)co2)sc1C. The molecule has 0 atom stereocenters. The highest BCUT2D eigenvalue weighted by molar-refractivity contribution is 7.11. The summed E-state index contributed by atoms with van der Waals surface area (Å²) in [7, 11) is 0. The Bertz CT molecular complexity index is 610. The Hall–Kier alpha value is -2.15. The zero-order valence-electron chi connectivity index (χ0n) is 10.4. The molecule has 7 heteroatoms. The fourth-order valence-electron chi connectivity index (χ4n) is 1.43. The number of aromatic nitrogens is 1. The Kier molecular flexibility index (Phi) is 3.66. The zero-order chi connectivity index (χ0) is 14.0. The first-order valence-electron chi connectivity index (χ1n) is 5.50. The number of carboxylic acids is 1. The number of aromatic carboxylic acids is 1. The fraction of sp³-hybridized carbons (Fsp3) is 0.250. The Morgan fingerprint density at radius 1 is 1.47 bits per heavy atom. The normalized spacial score (nSPS) is 10.4. The van der Waals surface area contributed by atoms with Crippen LogP contribution in [0.2, 0.25) is 0 Å². The largest absolute Gasteiger partial charge is 0.478 e. The summed E-state index contributed by atoms with van der Waals surface area (Å²) in [5, 5.41) is 12.2. The van der Waals surface area contributed by atoms with Crippen molar-refractivity contribution < 1.29 is 19.1 Å². The third-order valence-electron chi connectivity index (χ3n) is 2.54. The van der Waals surface area contributed by atoms with E-state index < -0.39 is 11.9 Å². The van der Waals surface area contributed by atoms with Crippen molar-refractivity contribution in [2.75, 3.05) is 0 Å². The van der Waals surface area contributed by atoms with Gasteiger partial charge in [-0.3, -0.25) is 4.79 Å². The van der Waals surface area contributed by atoms with E-state index in [0.717, 1.165) is 21.8 Å². The number of carboxylic acid groups (broad SMARTS) is 1. The average molecular weight is 280 g/mol. The number of hydrogen-bond donors (Lipinski definition) is 2. The summed E-state index contributed by atoms with van der Waals surface area (Å²) in [6.07, 6.45) is 1.04. The lowest BCUT2D eigenvalue weighted by atomic mass is 10.3. The molecule has 6 nitrogen and oxygen atoms in total. The van der Waals surface area contributed by atoms with Gasteiger partial charge in [-0.1, -0.05) is 0 Å². The lowest BCUT2D eigenvalue weighted by Gasteiger charge is -1.99. The molecule has 0 bridgehead atoms. The number of rotatable bonds is 4. The van der Waals surface area contributed by atoms with Gasteiger partial charge in [-0.2, -0.15) is 0 Å². The smallest absolute Gasteiger partial charge is 0.338 e. The lowest BCUT2D eigenvalue weighted by molar-refractivity contribution is 0.0696. The molecule has 0 radical (unpaired) electrons. The molecule has 2 aromatic rings. The second-order valence-corrected chi connectivity index (χ2v) is 5.22. The van der Waals surface area contributed by atoms with E-state index in [-0.39, 0.29) is 11.3 Å². The molecule has 2 rings (SSSR count). The molecule has 100 valence electrons. The third kappa shape index (κ3) is 3.00. The van der Waals surface area contributed by atoms with Gasteiger partial charge in [-0.25, -0.2) is 9.78 Å². The van der Waals surface area contributed by atoms with Gasteiger partial charge in [0.2, 0.25) is 0 Å². The number of thiazole rings is 1. The summed E-state index contributed by atoms with van der Waals surface area (Å²) in [6, 6.07) is 1.19. The molecule has 0 saturated heterocycles. The zero-order valence-corrected chi connectivity index (χ0v) is 11.2. The average Bonchev–Trinajstić information content (AvgIpc) is 2.95. The van der Waals surface area contributed by atoms with Gasteiger partial charge in [0.15, 0.2) is 5.76 Å². The van der Waals surface area contributed by atoms with Gasteiger partial charge in [0.1, 0.15) is 11.3 Å². The van der Waals surface area contributed by atoms with E-state index in [9.17, 15) is 9.59 Å². The van der Waals surface area contributed by atoms with E-state index in [1.54, 1.807) is 0 Å². The molecule has 1 amide bonds. The molecule has 2 heterocycles. The van der Waals surface area contributed by atoms with Crippen molar-refractivity contribution in [3.63, 3.8) is 0 Å². The molecule has 0 aliphatic rings. The summed E-state index contributed by atoms with van der Waals surface area (Å²) < 4.78 is 4.90. The van der Waals surface area contributed by atoms with Crippen LogP contribution in [0.5, 0.6) is 0 Å². The first-order chi connectivity index (χ1) is 8.97. The van der Waals surface area contributed by atoms with Crippen molar-refractivity contribution in [3.8, 4) is 0 Å². The highest BCUT2D eigenvalue weighted by Crippen LogP contribution is 2.16. The maximum absolute atomic E-state index is 11.7. The molecule has 0 unspecified atom stereocenters. The van der Waals surface area contributed by atoms with Crippen molar-refractivity contribution in [2.24, 2.45) is 0 Å². The molecule has 2 N–H and O–H groups in total. The lowest BCUT2D eigenvalue weighted by Crippen LogP contribution is -2.22. The minimum atomic E-state index is -1.13. The summed E-state index contributed by atoms with van der Waals surface area (Å²) in [5.41, 5.74) is 0.895. The Labute approximate surface area is 113 Å². The van der Waals surface area contributed by atoms with E-state index in [1.165, 1.54) is 17.4 Å². The van der Waals surface area contributed by atoms with Crippen molar-refractivity contribution >= 4 is 23.2 Å². The number of nitrogens with zero attached hydrogens (tertiary/aromatic N) is 1. The van der Waals surface area contributed by atoms with E-state index >= 15 is 0 Å². The second kappa shape index (κ2) is 5.23. The molecule has 19 heavy (non-hydrogen) atoms. The number of nitrogens with one attached hydrogen (secondary N) is 1. The van der Waals surface area contributed by atoms with Gasteiger partial charge in [-0.15, -0.1) is 11.3 Å². The van der Waals surface area contributed by atoms with Crippen LogP contribution in [0.25, 0.3) is 0 Å². The first-order valence-corrected chi connectivity index (χ1v) is 6.32. The predicted molar refractivity (Wildman–Crippen MR) is 68.4 cm³/mol. The number of hydrogen-bond acceptors (Lipinski definition) is 5. The Balaban J connectivity index is 1.99. The van der Waals surface area contributed by atoms with Crippen molar-refractivity contribution in [2.45, 2.75) is 20.4 Å². The molecule has 0 aliphatic carbocycles. The summed E-state index contributed by atoms with van der Waals surface area (Å²) in [4.78, 5) is 27.8. The van der Waals surface area contributed by atoms with E-state index in [2.05, 4.69) is 10.3 Å². The van der Waals surface area contributed by atoms with Crippen LogP contribution in [0.4, 0.5) is 0 Å².